The van der Waals surface area contributed by atoms with Gasteiger partial charge in [0.1, 0.15) is 12.4 Å². The first-order valence-corrected chi connectivity index (χ1v) is 6.82. The minimum Gasteiger partial charge on any atom is -0.493 e. The maximum Gasteiger partial charge on any atom is 0.203 e. The molecular weight excluding hydrogens is 268 g/mol. The van der Waals surface area contributed by atoms with E-state index in [4.69, 9.17) is 14.2 Å². The van der Waals surface area contributed by atoms with E-state index in [9.17, 15) is 0 Å². The Bertz CT molecular complexity index is 565. The Kier molecular flexibility index (Phi) is 5.26. The number of nitrogens with one attached hydrogen (secondary N) is 1. The van der Waals surface area contributed by atoms with Gasteiger partial charge in [0.15, 0.2) is 11.5 Å². The number of aromatic nitrogens is 1. The van der Waals surface area contributed by atoms with Crippen molar-refractivity contribution < 1.29 is 14.2 Å². The third-order valence-electron chi connectivity index (χ3n) is 2.91. The number of rotatable bonds is 7. The van der Waals surface area contributed by atoms with Gasteiger partial charge in [-0.2, -0.15) is 0 Å². The molecule has 0 fully saturated rings. The van der Waals surface area contributed by atoms with E-state index in [0.29, 0.717) is 23.9 Å². The number of methoxy groups -OCH3 is 2. The maximum atomic E-state index is 5.83. The molecule has 0 aliphatic carbocycles. The average molecular weight is 288 g/mol. The van der Waals surface area contributed by atoms with E-state index in [1.807, 2.05) is 43.3 Å². The molecule has 5 nitrogen and oxygen atoms in total. The van der Waals surface area contributed by atoms with Gasteiger partial charge in [-0.25, -0.2) is 4.98 Å². The zero-order valence-electron chi connectivity index (χ0n) is 12.6. The van der Waals surface area contributed by atoms with Crippen LogP contribution in [0.5, 0.6) is 17.2 Å². The Balaban J connectivity index is 2.14. The molecule has 2 rings (SSSR count). The van der Waals surface area contributed by atoms with Gasteiger partial charge in [0, 0.05) is 6.54 Å². The molecule has 0 saturated carbocycles. The van der Waals surface area contributed by atoms with Gasteiger partial charge in [-0.15, -0.1) is 0 Å². The molecule has 0 unspecified atom stereocenters. The standard InChI is InChI=1S/C16H20N2O3/c1-4-17-15-10-5-7-12(18-15)11-21-16-13(19-2)8-6-9-14(16)20-3/h5-10H,4,11H2,1-3H3,(H,17,18). The number of pyridine rings is 1. The Morgan fingerprint density at radius 1 is 1.00 bits per heavy atom. The van der Waals surface area contributed by atoms with Gasteiger partial charge in [-0.1, -0.05) is 12.1 Å². The molecule has 0 aliphatic rings. The van der Waals surface area contributed by atoms with Crippen molar-refractivity contribution in [2.24, 2.45) is 0 Å². The minimum absolute atomic E-state index is 0.343. The third-order valence-corrected chi connectivity index (χ3v) is 2.91. The number of benzene rings is 1. The second kappa shape index (κ2) is 7.38. The Labute approximate surface area is 124 Å². The van der Waals surface area contributed by atoms with Crippen molar-refractivity contribution in [3.05, 3.63) is 42.1 Å². The van der Waals surface area contributed by atoms with Crippen molar-refractivity contribution in [1.82, 2.24) is 4.98 Å². The Morgan fingerprint density at radius 3 is 2.29 bits per heavy atom. The van der Waals surface area contributed by atoms with Crippen molar-refractivity contribution in [1.29, 1.82) is 0 Å². The van der Waals surface area contributed by atoms with E-state index in [1.54, 1.807) is 14.2 Å². The summed E-state index contributed by atoms with van der Waals surface area (Å²) >= 11 is 0. The van der Waals surface area contributed by atoms with Crippen molar-refractivity contribution >= 4 is 5.82 Å². The summed E-state index contributed by atoms with van der Waals surface area (Å²) in [5.41, 5.74) is 0.835. The summed E-state index contributed by atoms with van der Waals surface area (Å²) in [6, 6.07) is 11.3. The summed E-state index contributed by atoms with van der Waals surface area (Å²) in [6.45, 7) is 3.21. The minimum atomic E-state index is 0.343. The van der Waals surface area contributed by atoms with Crippen LogP contribution in [0, 0.1) is 0 Å². The molecule has 0 bridgehead atoms. The Morgan fingerprint density at radius 2 is 1.67 bits per heavy atom. The molecule has 0 saturated heterocycles. The van der Waals surface area contributed by atoms with Crippen LogP contribution in [0.15, 0.2) is 36.4 Å². The van der Waals surface area contributed by atoms with E-state index in [2.05, 4.69) is 10.3 Å². The summed E-state index contributed by atoms with van der Waals surface area (Å²) in [6.07, 6.45) is 0. The number of hydrogen-bond acceptors (Lipinski definition) is 5. The van der Waals surface area contributed by atoms with Gasteiger partial charge in [0.2, 0.25) is 5.75 Å². The molecule has 112 valence electrons. The predicted octanol–water partition coefficient (Wildman–Crippen LogP) is 3.11. The van der Waals surface area contributed by atoms with Gasteiger partial charge in [-0.3, -0.25) is 0 Å². The van der Waals surface area contributed by atoms with Crippen molar-refractivity contribution in [2.45, 2.75) is 13.5 Å². The first-order valence-electron chi connectivity index (χ1n) is 6.82. The molecule has 2 aromatic rings. The lowest BCUT2D eigenvalue weighted by Gasteiger charge is -2.14. The predicted molar refractivity (Wildman–Crippen MR) is 82.3 cm³/mol. The smallest absolute Gasteiger partial charge is 0.203 e. The SMILES string of the molecule is CCNc1cccc(COc2c(OC)cccc2OC)n1. The van der Waals surface area contributed by atoms with E-state index in [0.717, 1.165) is 18.1 Å². The number of hydrogen-bond donors (Lipinski definition) is 1. The average Bonchev–Trinajstić information content (AvgIpc) is 2.53. The monoisotopic (exact) mass is 288 g/mol. The highest BCUT2D eigenvalue weighted by molar-refractivity contribution is 5.51. The van der Waals surface area contributed by atoms with E-state index in [-0.39, 0.29) is 0 Å². The highest BCUT2D eigenvalue weighted by atomic mass is 16.5. The lowest BCUT2D eigenvalue weighted by Crippen LogP contribution is -2.04. The van der Waals surface area contributed by atoms with Gasteiger partial charge < -0.3 is 19.5 Å². The van der Waals surface area contributed by atoms with Crippen LogP contribution in [0.3, 0.4) is 0 Å². The quantitative estimate of drug-likeness (QED) is 0.848. The molecule has 1 aromatic heterocycles. The number of ether oxygens (including phenoxy) is 3. The summed E-state index contributed by atoms with van der Waals surface area (Å²) in [4.78, 5) is 4.47. The van der Waals surface area contributed by atoms with Crippen LogP contribution in [0.2, 0.25) is 0 Å². The van der Waals surface area contributed by atoms with E-state index in [1.165, 1.54) is 0 Å². The maximum absolute atomic E-state index is 5.83. The number of nitrogens with zero attached hydrogens (tertiary/aromatic N) is 1. The summed E-state index contributed by atoms with van der Waals surface area (Å²) < 4.78 is 16.4. The van der Waals surface area contributed by atoms with Crippen molar-refractivity contribution in [3.63, 3.8) is 0 Å². The zero-order valence-corrected chi connectivity index (χ0v) is 12.6. The fourth-order valence-corrected chi connectivity index (χ4v) is 1.95. The molecule has 0 radical (unpaired) electrons. The second-order valence-electron chi connectivity index (χ2n) is 4.32. The lowest BCUT2D eigenvalue weighted by atomic mass is 10.3. The van der Waals surface area contributed by atoms with Crippen molar-refractivity contribution in [2.75, 3.05) is 26.1 Å². The normalized spacial score (nSPS) is 10.0. The molecular formula is C16H20N2O3. The highest BCUT2D eigenvalue weighted by Gasteiger charge is 2.11. The summed E-state index contributed by atoms with van der Waals surface area (Å²) in [5.74, 6) is 2.69. The molecule has 5 heteroatoms. The molecule has 21 heavy (non-hydrogen) atoms. The zero-order chi connectivity index (χ0) is 15.1. The first-order chi connectivity index (χ1) is 10.3. The fourth-order valence-electron chi connectivity index (χ4n) is 1.95. The van der Waals surface area contributed by atoms with Gasteiger partial charge in [-0.05, 0) is 31.2 Å². The highest BCUT2D eigenvalue weighted by Crippen LogP contribution is 2.37. The first kappa shape index (κ1) is 15.0. The van der Waals surface area contributed by atoms with Crippen LogP contribution in [-0.2, 0) is 6.61 Å². The third kappa shape index (κ3) is 3.78. The molecule has 1 aromatic carbocycles. The van der Waals surface area contributed by atoms with Crippen LogP contribution >= 0.6 is 0 Å². The van der Waals surface area contributed by atoms with Crippen LogP contribution < -0.4 is 19.5 Å². The fraction of sp³-hybridized carbons (Fsp3) is 0.312. The second-order valence-corrected chi connectivity index (χ2v) is 4.32. The summed E-state index contributed by atoms with van der Waals surface area (Å²) in [7, 11) is 3.21. The van der Waals surface area contributed by atoms with Crippen LogP contribution in [0.1, 0.15) is 12.6 Å². The molecule has 0 aliphatic heterocycles. The molecule has 0 amide bonds. The topological polar surface area (TPSA) is 52.6 Å². The molecule has 1 N–H and O–H groups in total. The largest absolute Gasteiger partial charge is 0.493 e. The van der Waals surface area contributed by atoms with Gasteiger partial charge in [0.05, 0.1) is 19.9 Å². The Hall–Kier alpha value is -2.43. The summed E-state index contributed by atoms with van der Waals surface area (Å²) in [5, 5.41) is 3.18. The van der Waals surface area contributed by atoms with E-state index >= 15 is 0 Å². The lowest BCUT2D eigenvalue weighted by molar-refractivity contribution is 0.263. The molecule has 1 heterocycles. The number of para-hydroxylation sites is 1. The van der Waals surface area contributed by atoms with Crippen LogP contribution in [0.4, 0.5) is 5.82 Å². The van der Waals surface area contributed by atoms with E-state index < -0.39 is 0 Å². The molecule has 0 atom stereocenters. The van der Waals surface area contributed by atoms with Gasteiger partial charge in [0.25, 0.3) is 0 Å². The van der Waals surface area contributed by atoms with Crippen LogP contribution in [-0.4, -0.2) is 25.7 Å². The van der Waals surface area contributed by atoms with Crippen LogP contribution in [0.25, 0.3) is 0 Å². The van der Waals surface area contributed by atoms with Gasteiger partial charge >= 0.3 is 0 Å². The van der Waals surface area contributed by atoms with Crippen molar-refractivity contribution in [3.8, 4) is 17.2 Å². The molecule has 0 spiro atoms. The number of anilines is 1.